The van der Waals surface area contributed by atoms with Crippen molar-refractivity contribution in [3.05, 3.63) is 11.6 Å². The van der Waals surface area contributed by atoms with Crippen molar-refractivity contribution < 1.29 is 0 Å². The second-order valence-electron chi connectivity index (χ2n) is 3.49. The molecule has 1 heteroatoms. The second kappa shape index (κ2) is 2.22. The van der Waals surface area contributed by atoms with E-state index >= 15 is 0 Å². The quantitative estimate of drug-likeness (QED) is 0.486. The van der Waals surface area contributed by atoms with Crippen LogP contribution >= 0.6 is 0 Å². The van der Waals surface area contributed by atoms with Crippen LogP contribution in [0.25, 0.3) is 0 Å². The lowest BCUT2D eigenvalue weighted by Crippen LogP contribution is -2.15. The van der Waals surface area contributed by atoms with Crippen molar-refractivity contribution in [3.63, 3.8) is 0 Å². The van der Waals surface area contributed by atoms with Crippen LogP contribution in [-0.4, -0.2) is 12.3 Å². The summed E-state index contributed by atoms with van der Waals surface area (Å²) in [6.45, 7) is 9.61. The third-order valence-electron chi connectivity index (χ3n) is 2.12. The fraction of sp³-hybridized carbons (Fsp3) is 0.667. The van der Waals surface area contributed by atoms with Crippen molar-refractivity contribution in [1.82, 2.24) is 0 Å². The summed E-state index contributed by atoms with van der Waals surface area (Å²) >= 11 is 0. The van der Waals surface area contributed by atoms with Crippen LogP contribution in [0.15, 0.2) is 16.6 Å². The van der Waals surface area contributed by atoms with Crippen LogP contribution in [0.2, 0.25) is 0 Å². The Kier molecular flexibility index (Phi) is 1.67. The van der Waals surface area contributed by atoms with Crippen LogP contribution in [0.4, 0.5) is 0 Å². The number of nitrogens with zero attached hydrogens (tertiary/aromatic N) is 1. The fourth-order valence-electron chi connectivity index (χ4n) is 1.58. The molecule has 0 atom stereocenters. The van der Waals surface area contributed by atoms with E-state index < -0.39 is 0 Å². The number of rotatable bonds is 0. The molecule has 56 valence electrons. The molecule has 0 radical (unpaired) electrons. The molecule has 0 unspecified atom stereocenters. The Labute approximate surface area is 62.9 Å². The van der Waals surface area contributed by atoms with Crippen molar-refractivity contribution in [2.75, 3.05) is 6.54 Å². The molecule has 0 aromatic carbocycles. The zero-order valence-electron chi connectivity index (χ0n) is 7.23. The molecule has 0 N–H and O–H groups in total. The lowest BCUT2D eigenvalue weighted by atomic mass is 9.85. The summed E-state index contributed by atoms with van der Waals surface area (Å²) in [5, 5.41) is 0. The van der Waals surface area contributed by atoms with Crippen LogP contribution in [0, 0.1) is 5.41 Å². The van der Waals surface area contributed by atoms with Gasteiger partial charge in [-0.15, -0.1) is 0 Å². The van der Waals surface area contributed by atoms with E-state index in [1.54, 1.807) is 0 Å². The third-order valence-corrected chi connectivity index (χ3v) is 2.12. The van der Waals surface area contributed by atoms with E-state index in [1.165, 1.54) is 11.3 Å². The SMILES string of the molecule is C/C=C1\C(C)=NCC1(C)C. The van der Waals surface area contributed by atoms with Gasteiger partial charge in [-0.1, -0.05) is 19.9 Å². The first kappa shape index (κ1) is 7.52. The Morgan fingerprint density at radius 2 is 2.10 bits per heavy atom. The first-order chi connectivity index (χ1) is 4.58. The van der Waals surface area contributed by atoms with E-state index in [0.29, 0.717) is 5.41 Å². The molecule has 1 aliphatic heterocycles. The van der Waals surface area contributed by atoms with Crippen molar-refractivity contribution in [2.24, 2.45) is 10.4 Å². The summed E-state index contributed by atoms with van der Waals surface area (Å²) in [7, 11) is 0. The highest BCUT2D eigenvalue weighted by molar-refractivity contribution is 6.01. The number of hydrogen-bond donors (Lipinski definition) is 0. The maximum atomic E-state index is 4.39. The van der Waals surface area contributed by atoms with Gasteiger partial charge < -0.3 is 0 Å². The molecule has 10 heavy (non-hydrogen) atoms. The first-order valence-corrected chi connectivity index (χ1v) is 3.76. The standard InChI is InChI=1S/C9H15N/c1-5-8-7(2)10-6-9(8,3)4/h5H,6H2,1-4H3/b8-5+. The largest absolute Gasteiger partial charge is 0.289 e. The highest BCUT2D eigenvalue weighted by atomic mass is 14.8. The number of hydrogen-bond acceptors (Lipinski definition) is 1. The predicted octanol–water partition coefficient (Wildman–Crippen LogP) is 2.43. The molecule has 0 fully saturated rings. The van der Waals surface area contributed by atoms with Gasteiger partial charge in [0.25, 0.3) is 0 Å². The third kappa shape index (κ3) is 1.00. The average molecular weight is 137 g/mol. The Hall–Kier alpha value is -0.590. The van der Waals surface area contributed by atoms with Crippen LogP contribution in [0.5, 0.6) is 0 Å². The average Bonchev–Trinajstić information content (AvgIpc) is 2.07. The normalized spacial score (nSPS) is 27.2. The van der Waals surface area contributed by atoms with E-state index in [2.05, 4.69) is 38.8 Å². The van der Waals surface area contributed by atoms with Crippen molar-refractivity contribution in [1.29, 1.82) is 0 Å². The van der Waals surface area contributed by atoms with Crippen molar-refractivity contribution in [3.8, 4) is 0 Å². The molecule has 0 aromatic rings. The molecular formula is C9H15N. The predicted molar refractivity (Wildman–Crippen MR) is 45.5 cm³/mol. The summed E-state index contributed by atoms with van der Waals surface area (Å²) in [5.74, 6) is 0. The molecule has 1 nitrogen and oxygen atoms in total. The maximum Gasteiger partial charge on any atom is 0.0484 e. The summed E-state index contributed by atoms with van der Waals surface area (Å²) in [6.07, 6.45) is 2.17. The smallest absolute Gasteiger partial charge is 0.0484 e. The lowest BCUT2D eigenvalue weighted by molar-refractivity contribution is 0.499. The summed E-state index contributed by atoms with van der Waals surface area (Å²) in [6, 6.07) is 0. The van der Waals surface area contributed by atoms with Gasteiger partial charge in [-0.05, 0) is 19.4 Å². The number of aliphatic imine (C=N–C) groups is 1. The zero-order chi connectivity index (χ0) is 7.78. The molecule has 0 aliphatic carbocycles. The Morgan fingerprint density at radius 3 is 2.30 bits per heavy atom. The van der Waals surface area contributed by atoms with Gasteiger partial charge in [0.1, 0.15) is 0 Å². The number of allylic oxidation sites excluding steroid dienone is 1. The van der Waals surface area contributed by atoms with Gasteiger partial charge in [0.05, 0.1) is 0 Å². The molecule has 0 bridgehead atoms. The van der Waals surface area contributed by atoms with Gasteiger partial charge in [-0.2, -0.15) is 0 Å². The van der Waals surface area contributed by atoms with Crippen LogP contribution in [0.3, 0.4) is 0 Å². The van der Waals surface area contributed by atoms with Gasteiger partial charge in [-0.25, -0.2) is 0 Å². The van der Waals surface area contributed by atoms with Crippen molar-refractivity contribution in [2.45, 2.75) is 27.7 Å². The second-order valence-corrected chi connectivity index (χ2v) is 3.49. The monoisotopic (exact) mass is 137 g/mol. The molecule has 0 saturated heterocycles. The fourth-order valence-corrected chi connectivity index (χ4v) is 1.58. The molecule has 1 aliphatic rings. The summed E-state index contributed by atoms with van der Waals surface area (Å²) in [5.41, 5.74) is 2.92. The minimum absolute atomic E-state index is 0.291. The zero-order valence-corrected chi connectivity index (χ0v) is 7.23. The van der Waals surface area contributed by atoms with Crippen LogP contribution in [-0.2, 0) is 0 Å². The topological polar surface area (TPSA) is 12.4 Å². The van der Waals surface area contributed by atoms with Gasteiger partial charge in [0, 0.05) is 17.7 Å². The Bertz CT molecular complexity index is 197. The molecule has 0 spiro atoms. The molecule has 0 saturated carbocycles. The summed E-state index contributed by atoms with van der Waals surface area (Å²) < 4.78 is 0. The Balaban J connectivity index is 2.95. The molecule has 1 rings (SSSR count). The van der Waals surface area contributed by atoms with Gasteiger partial charge in [-0.3, -0.25) is 4.99 Å². The van der Waals surface area contributed by atoms with E-state index in [-0.39, 0.29) is 0 Å². The van der Waals surface area contributed by atoms with E-state index in [4.69, 9.17) is 0 Å². The lowest BCUT2D eigenvalue weighted by Gasteiger charge is -2.18. The summed E-state index contributed by atoms with van der Waals surface area (Å²) in [4.78, 5) is 4.39. The Morgan fingerprint density at radius 1 is 1.50 bits per heavy atom. The molecule has 0 aromatic heterocycles. The maximum absolute atomic E-state index is 4.39. The van der Waals surface area contributed by atoms with Crippen molar-refractivity contribution >= 4 is 5.71 Å². The highest BCUT2D eigenvalue weighted by Crippen LogP contribution is 2.32. The first-order valence-electron chi connectivity index (χ1n) is 3.76. The van der Waals surface area contributed by atoms with E-state index in [1.807, 2.05) is 0 Å². The van der Waals surface area contributed by atoms with Gasteiger partial charge in [0.15, 0.2) is 0 Å². The van der Waals surface area contributed by atoms with E-state index in [9.17, 15) is 0 Å². The van der Waals surface area contributed by atoms with Gasteiger partial charge >= 0.3 is 0 Å². The van der Waals surface area contributed by atoms with Gasteiger partial charge in [0.2, 0.25) is 0 Å². The van der Waals surface area contributed by atoms with Crippen LogP contribution in [0.1, 0.15) is 27.7 Å². The minimum atomic E-state index is 0.291. The van der Waals surface area contributed by atoms with Crippen LogP contribution < -0.4 is 0 Å². The minimum Gasteiger partial charge on any atom is -0.289 e. The molecule has 0 amide bonds. The highest BCUT2D eigenvalue weighted by Gasteiger charge is 2.28. The molecular weight excluding hydrogens is 122 g/mol. The van der Waals surface area contributed by atoms with E-state index in [0.717, 1.165) is 6.54 Å². The molecule has 1 heterocycles.